The fourth-order valence-electron chi connectivity index (χ4n) is 4.46. The third-order valence-electron chi connectivity index (χ3n) is 6.34. The molecule has 158 valence electrons. The normalized spacial score (nSPS) is 20.0. The van der Waals surface area contributed by atoms with Crippen LogP contribution in [0.2, 0.25) is 0 Å². The van der Waals surface area contributed by atoms with Crippen LogP contribution in [0.15, 0.2) is 42.5 Å². The number of alkyl halides is 3. The van der Waals surface area contributed by atoms with Gasteiger partial charge in [0.15, 0.2) is 0 Å². The summed E-state index contributed by atoms with van der Waals surface area (Å²) >= 11 is 0. The number of aryl methyl sites for hydroxylation is 1. The van der Waals surface area contributed by atoms with Gasteiger partial charge in [-0.2, -0.15) is 13.2 Å². The molecule has 0 saturated heterocycles. The summed E-state index contributed by atoms with van der Waals surface area (Å²) in [6, 6.07) is 10.9. The zero-order valence-corrected chi connectivity index (χ0v) is 17.1. The fourth-order valence-corrected chi connectivity index (χ4v) is 4.46. The van der Waals surface area contributed by atoms with Crippen LogP contribution in [0, 0.1) is 17.7 Å². The Morgan fingerprint density at radius 3 is 1.97 bits per heavy atom. The van der Waals surface area contributed by atoms with Crippen LogP contribution < -0.4 is 0 Å². The van der Waals surface area contributed by atoms with Gasteiger partial charge in [0.05, 0.1) is 5.56 Å². The monoisotopic (exact) mass is 406 g/mol. The summed E-state index contributed by atoms with van der Waals surface area (Å²) in [6.07, 6.45) is 6.96. The van der Waals surface area contributed by atoms with E-state index in [1.807, 2.05) is 24.3 Å². The second-order valence-electron chi connectivity index (χ2n) is 8.46. The predicted octanol–water partition coefficient (Wildman–Crippen LogP) is 8.44. The molecule has 0 amide bonds. The van der Waals surface area contributed by atoms with E-state index in [1.165, 1.54) is 63.0 Å². The number of benzene rings is 2. The molecule has 0 spiro atoms. The van der Waals surface area contributed by atoms with E-state index in [0.717, 1.165) is 36.0 Å². The first-order valence-corrected chi connectivity index (χ1v) is 10.8. The molecule has 0 N–H and O–H groups in total. The van der Waals surface area contributed by atoms with Gasteiger partial charge in [0.2, 0.25) is 0 Å². The molecule has 4 heteroatoms. The predicted molar refractivity (Wildman–Crippen MR) is 110 cm³/mol. The topological polar surface area (TPSA) is 0 Å². The molecule has 1 aliphatic rings. The van der Waals surface area contributed by atoms with Crippen LogP contribution in [-0.4, -0.2) is 0 Å². The molecule has 0 bridgehead atoms. The summed E-state index contributed by atoms with van der Waals surface area (Å²) in [5, 5.41) is 0. The molecule has 0 radical (unpaired) electrons. The van der Waals surface area contributed by atoms with E-state index in [-0.39, 0.29) is 0 Å². The van der Waals surface area contributed by atoms with Crippen LogP contribution in [0.1, 0.15) is 69.4 Å². The van der Waals surface area contributed by atoms with Crippen molar-refractivity contribution in [3.8, 4) is 11.1 Å². The molecule has 29 heavy (non-hydrogen) atoms. The molecule has 0 aliphatic heterocycles. The van der Waals surface area contributed by atoms with Crippen molar-refractivity contribution in [3.05, 3.63) is 59.4 Å². The lowest BCUT2D eigenvalue weighted by Gasteiger charge is -2.28. The van der Waals surface area contributed by atoms with E-state index < -0.39 is 17.6 Å². The Hall–Kier alpha value is -1.84. The van der Waals surface area contributed by atoms with Gasteiger partial charge in [-0.1, -0.05) is 82.2 Å². The van der Waals surface area contributed by atoms with Crippen LogP contribution in [-0.2, 0) is 12.6 Å². The molecular weight excluding hydrogens is 376 g/mol. The average Bonchev–Trinajstić information content (AvgIpc) is 2.71. The van der Waals surface area contributed by atoms with E-state index in [0.29, 0.717) is 5.56 Å². The number of rotatable bonds is 7. The minimum atomic E-state index is -4.67. The Balaban J connectivity index is 1.53. The highest BCUT2D eigenvalue weighted by atomic mass is 19.4. The van der Waals surface area contributed by atoms with Crippen molar-refractivity contribution in [2.45, 2.75) is 70.9 Å². The first kappa shape index (κ1) is 21.9. The smallest absolute Gasteiger partial charge is 0.206 e. The quantitative estimate of drug-likeness (QED) is 0.405. The maximum atomic E-state index is 13.8. The van der Waals surface area contributed by atoms with Gasteiger partial charge in [-0.25, -0.2) is 4.39 Å². The lowest BCUT2D eigenvalue weighted by atomic mass is 9.78. The Morgan fingerprint density at radius 1 is 0.828 bits per heavy atom. The first-order valence-electron chi connectivity index (χ1n) is 10.8. The first-order chi connectivity index (χ1) is 13.9. The molecule has 0 nitrogen and oxygen atoms in total. The summed E-state index contributed by atoms with van der Waals surface area (Å²) in [6.45, 7) is 2.25. The van der Waals surface area contributed by atoms with Crippen molar-refractivity contribution in [1.29, 1.82) is 0 Å². The Bertz CT molecular complexity index is 768. The minimum absolute atomic E-state index is 0.465. The summed E-state index contributed by atoms with van der Waals surface area (Å²) in [5.74, 6) is 0.500. The van der Waals surface area contributed by atoms with Crippen molar-refractivity contribution in [2.75, 3.05) is 0 Å². The molecule has 1 saturated carbocycles. The molecule has 2 aromatic rings. The second kappa shape index (κ2) is 9.77. The number of unbranched alkanes of at least 4 members (excludes halogenated alkanes) is 1. The van der Waals surface area contributed by atoms with Gasteiger partial charge in [-0.3, -0.25) is 0 Å². The number of halogens is 4. The van der Waals surface area contributed by atoms with Crippen LogP contribution in [0.5, 0.6) is 0 Å². The molecule has 1 aliphatic carbocycles. The lowest BCUT2D eigenvalue weighted by Crippen LogP contribution is -2.15. The van der Waals surface area contributed by atoms with Crippen LogP contribution in [0.3, 0.4) is 0 Å². The van der Waals surface area contributed by atoms with Crippen molar-refractivity contribution < 1.29 is 17.6 Å². The van der Waals surface area contributed by atoms with Gasteiger partial charge < -0.3 is 0 Å². The summed E-state index contributed by atoms with van der Waals surface area (Å²) in [4.78, 5) is 0. The van der Waals surface area contributed by atoms with E-state index in [2.05, 4.69) is 6.92 Å². The van der Waals surface area contributed by atoms with Crippen molar-refractivity contribution in [3.63, 3.8) is 0 Å². The van der Waals surface area contributed by atoms with Gasteiger partial charge >= 0.3 is 6.18 Å². The van der Waals surface area contributed by atoms with Gasteiger partial charge in [0, 0.05) is 0 Å². The standard InChI is InChI=1S/C25H30F4/c1-2-3-4-18-5-7-19(8-6-18)9-10-20-11-13-21(14-12-20)22-15-16-23(24(26)17-22)25(27,28)29/h11-19H,2-10H2,1H3. The summed E-state index contributed by atoms with van der Waals surface area (Å²) in [5.41, 5.74) is 1.21. The van der Waals surface area contributed by atoms with E-state index in [1.54, 1.807) is 0 Å². The maximum absolute atomic E-state index is 13.8. The van der Waals surface area contributed by atoms with Crippen molar-refractivity contribution >= 4 is 0 Å². The van der Waals surface area contributed by atoms with Crippen molar-refractivity contribution in [1.82, 2.24) is 0 Å². The van der Waals surface area contributed by atoms with Crippen LogP contribution in [0.25, 0.3) is 11.1 Å². The molecule has 0 atom stereocenters. The molecule has 0 heterocycles. The zero-order valence-electron chi connectivity index (χ0n) is 17.1. The SMILES string of the molecule is CCCCC1CCC(CCc2ccc(-c3ccc(C(F)(F)F)c(F)c3)cc2)CC1. The fraction of sp³-hybridized carbons (Fsp3) is 0.520. The third-order valence-corrected chi connectivity index (χ3v) is 6.34. The van der Waals surface area contributed by atoms with Crippen LogP contribution in [0.4, 0.5) is 17.6 Å². The molecular formula is C25H30F4. The van der Waals surface area contributed by atoms with E-state index in [4.69, 9.17) is 0 Å². The maximum Gasteiger partial charge on any atom is 0.419 e. The lowest BCUT2D eigenvalue weighted by molar-refractivity contribution is -0.139. The number of hydrogen-bond acceptors (Lipinski definition) is 0. The Kier molecular flexibility index (Phi) is 7.37. The van der Waals surface area contributed by atoms with Gasteiger partial charge in [0.25, 0.3) is 0 Å². The Labute approximate surface area is 171 Å². The zero-order chi connectivity index (χ0) is 20.9. The minimum Gasteiger partial charge on any atom is -0.206 e. The third kappa shape index (κ3) is 6.07. The largest absolute Gasteiger partial charge is 0.419 e. The average molecular weight is 407 g/mol. The molecule has 2 aromatic carbocycles. The summed E-state index contributed by atoms with van der Waals surface area (Å²) < 4.78 is 51.9. The second-order valence-corrected chi connectivity index (χ2v) is 8.46. The molecule has 3 rings (SSSR count). The van der Waals surface area contributed by atoms with E-state index in [9.17, 15) is 17.6 Å². The molecule has 0 unspecified atom stereocenters. The highest BCUT2D eigenvalue weighted by Gasteiger charge is 2.33. The van der Waals surface area contributed by atoms with Gasteiger partial charge in [0.1, 0.15) is 5.82 Å². The molecule has 1 fully saturated rings. The number of hydrogen-bond donors (Lipinski definition) is 0. The Morgan fingerprint density at radius 2 is 1.41 bits per heavy atom. The van der Waals surface area contributed by atoms with Crippen molar-refractivity contribution in [2.24, 2.45) is 11.8 Å². The van der Waals surface area contributed by atoms with E-state index >= 15 is 0 Å². The molecule has 0 aromatic heterocycles. The van der Waals surface area contributed by atoms with Gasteiger partial charge in [-0.15, -0.1) is 0 Å². The summed E-state index contributed by atoms with van der Waals surface area (Å²) in [7, 11) is 0. The highest BCUT2D eigenvalue weighted by Crippen LogP contribution is 2.35. The van der Waals surface area contributed by atoms with Crippen LogP contribution >= 0.6 is 0 Å². The highest BCUT2D eigenvalue weighted by molar-refractivity contribution is 5.64. The van der Waals surface area contributed by atoms with Gasteiger partial charge in [-0.05, 0) is 53.5 Å².